The lowest BCUT2D eigenvalue weighted by Gasteiger charge is -2.31. The molecule has 0 saturated carbocycles. The SMILES string of the molecule is Cc1cccc2ccnc(N(C(=O)c3ccc(-n4nnc5cccnc54)cc3)[C@H]3CCCNCC3)c12. The number of fused-ring (bicyclic) bond motifs is 2. The van der Waals surface area contributed by atoms with E-state index in [1.54, 1.807) is 17.1 Å². The quantitative estimate of drug-likeness (QED) is 0.411. The monoisotopic (exact) mass is 477 g/mol. The molecule has 6 rings (SSSR count). The first-order valence-electron chi connectivity index (χ1n) is 12.4. The molecule has 5 aromatic rings. The molecule has 1 N–H and O–H groups in total. The number of rotatable bonds is 4. The Kier molecular flexibility index (Phi) is 5.87. The summed E-state index contributed by atoms with van der Waals surface area (Å²) in [6, 6.07) is 19.5. The Morgan fingerprint density at radius 2 is 1.86 bits per heavy atom. The van der Waals surface area contributed by atoms with Crippen LogP contribution in [-0.4, -0.2) is 50.0 Å². The lowest BCUT2D eigenvalue weighted by molar-refractivity contribution is 0.0974. The molecular weight excluding hydrogens is 450 g/mol. The standard InChI is InChI=1S/C28H27N7O/c1-19-5-2-6-20-13-18-31-27(25(19)20)34(22-7-3-15-29-17-14-22)28(36)21-9-11-23(12-10-21)35-26-24(32-33-35)8-4-16-30-26/h2,4-6,8-13,16,18,22,29H,3,7,14-15,17H2,1H3/t22-/m0/s1. The third-order valence-corrected chi connectivity index (χ3v) is 6.90. The smallest absolute Gasteiger partial charge is 0.259 e. The van der Waals surface area contributed by atoms with E-state index in [1.165, 1.54) is 0 Å². The number of amides is 1. The average Bonchev–Trinajstić information content (AvgIpc) is 3.17. The summed E-state index contributed by atoms with van der Waals surface area (Å²) >= 11 is 0. The Balaban J connectivity index is 1.41. The number of hydrogen-bond donors (Lipinski definition) is 1. The number of carbonyl (C=O) groups is 1. The van der Waals surface area contributed by atoms with E-state index in [4.69, 9.17) is 4.98 Å². The van der Waals surface area contributed by atoms with Crippen molar-refractivity contribution >= 4 is 33.7 Å². The van der Waals surface area contributed by atoms with Crippen molar-refractivity contribution in [2.75, 3.05) is 18.0 Å². The van der Waals surface area contributed by atoms with Gasteiger partial charge in [0, 0.05) is 29.4 Å². The first-order valence-corrected chi connectivity index (χ1v) is 12.4. The van der Waals surface area contributed by atoms with E-state index in [1.807, 2.05) is 53.4 Å². The van der Waals surface area contributed by atoms with Gasteiger partial charge >= 0.3 is 0 Å². The van der Waals surface area contributed by atoms with Gasteiger partial charge in [-0.2, -0.15) is 4.68 Å². The highest BCUT2D eigenvalue weighted by Crippen LogP contribution is 2.32. The average molecular weight is 478 g/mol. The number of hydrogen-bond acceptors (Lipinski definition) is 6. The van der Waals surface area contributed by atoms with Crippen molar-refractivity contribution in [3.63, 3.8) is 0 Å². The van der Waals surface area contributed by atoms with Crippen molar-refractivity contribution in [1.29, 1.82) is 0 Å². The van der Waals surface area contributed by atoms with Crippen molar-refractivity contribution in [3.8, 4) is 5.69 Å². The number of nitrogens with zero attached hydrogens (tertiary/aromatic N) is 6. The van der Waals surface area contributed by atoms with Crippen LogP contribution >= 0.6 is 0 Å². The number of carbonyl (C=O) groups excluding carboxylic acids is 1. The lowest BCUT2D eigenvalue weighted by atomic mass is 10.0. The van der Waals surface area contributed by atoms with Crippen molar-refractivity contribution < 1.29 is 4.79 Å². The molecule has 0 spiro atoms. The second-order valence-corrected chi connectivity index (χ2v) is 9.21. The Bertz CT molecular complexity index is 1530. The molecule has 1 aliphatic rings. The van der Waals surface area contributed by atoms with E-state index in [0.29, 0.717) is 11.2 Å². The molecule has 0 bridgehead atoms. The predicted octanol–water partition coefficient (Wildman–Crippen LogP) is 4.46. The van der Waals surface area contributed by atoms with Crippen molar-refractivity contribution in [1.82, 2.24) is 30.3 Å². The minimum atomic E-state index is -0.0433. The summed E-state index contributed by atoms with van der Waals surface area (Å²) in [6.07, 6.45) is 6.35. The Labute approximate surface area is 209 Å². The molecule has 180 valence electrons. The van der Waals surface area contributed by atoms with Gasteiger partial charge < -0.3 is 5.32 Å². The molecule has 1 aliphatic heterocycles. The molecule has 8 heteroatoms. The van der Waals surface area contributed by atoms with E-state index in [0.717, 1.165) is 65.7 Å². The molecule has 4 heterocycles. The number of aryl methyl sites for hydroxylation is 1. The fraction of sp³-hybridized carbons (Fsp3) is 0.250. The van der Waals surface area contributed by atoms with Crippen LogP contribution < -0.4 is 10.2 Å². The molecule has 8 nitrogen and oxygen atoms in total. The minimum Gasteiger partial charge on any atom is -0.317 e. The third kappa shape index (κ3) is 3.99. The van der Waals surface area contributed by atoms with Gasteiger partial charge in [0.2, 0.25) is 0 Å². The maximum Gasteiger partial charge on any atom is 0.259 e. The predicted molar refractivity (Wildman–Crippen MR) is 140 cm³/mol. The van der Waals surface area contributed by atoms with Gasteiger partial charge in [0.15, 0.2) is 5.65 Å². The third-order valence-electron chi connectivity index (χ3n) is 6.90. The fourth-order valence-electron chi connectivity index (χ4n) is 5.09. The fourth-order valence-corrected chi connectivity index (χ4v) is 5.09. The maximum atomic E-state index is 14.1. The largest absolute Gasteiger partial charge is 0.317 e. The van der Waals surface area contributed by atoms with Gasteiger partial charge in [0.05, 0.1) is 5.69 Å². The van der Waals surface area contributed by atoms with E-state index < -0.39 is 0 Å². The van der Waals surface area contributed by atoms with Crippen LogP contribution in [0.2, 0.25) is 0 Å². The van der Waals surface area contributed by atoms with Crippen molar-refractivity contribution in [3.05, 3.63) is 84.2 Å². The van der Waals surface area contributed by atoms with Crippen LogP contribution in [0.25, 0.3) is 27.6 Å². The normalized spacial score (nSPS) is 16.2. The van der Waals surface area contributed by atoms with Crippen LogP contribution in [-0.2, 0) is 0 Å². The Morgan fingerprint density at radius 3 is 2.75 bits per heavy atom. The summed E-state index contributed by atoms with van der Waals surface area (Å²) in [5.74, 6) is 0.691. The molecule has 0 radical (unpaired) electrons. The second kappa shape index (κ2) is 9.47. The summed E-state index contributed by atoms with van der Waals surface area (Å²) in [6.45, 7) is 3.93. The summed E-state index contributed by atoms with van der Waals surface area (Å²) in [5, 5.41) is 14.0. The Morgan fingerprint density at radius 1 is 0.972 bits per heavy atom. The van der Waals surface area contributed by atoms with Crippen LogP contribution in [0.5, 0.6) is 0 Å². The van der Waals surface area contributed by atoms with Gasteiger partial charge in [-0.25, -0.2) is 9.97 Å². The molecular formula is C28H27N7O. The number of aromatic nitrogens is 5. The molecule has 0 aliphatic carbocycles. The minimum absolute atomic E-state index is 0.0433. The zero-order chi connectivity index (χ0) is 24.5. The number of pyridine rings is 2. The van der Waals surface area contributed by atoms with Gasteiger partial charge in [-0.15, -0.1) is 5.10 Å². The van der Waals surface area contributed by atoms with Gasteiger partial charge in [0.1, 0.15) is 11.3 Å². The number of anilines is 1. The highest BCUT2D eigenvalue weighted by molar-refractivity contribution is 6.10. The molecule has 1 saturated heterocycles. The summed E-state index contributed by atoms with van der Waals surface area (Å²) in [7, 11) is 0. The van der Waals surface area contributed by atoms with E-state index in [9.17, 15) is 4.79 Å². The zero-order valence-electron chi connectivity index (χ0n) is 20.1. The molecule has 3 aromatic heterocycles. The van der Waals surface area contributed by atoms with Crippen LogP contribution in [0.3, 0.4) is 0 Å². The van der Waals surface area contributed by atoms with Crippen LogP contribution in [0.4, 0.5) is 5.82 Å². The van der Waals surface area contributed by atoms with E-state index in [2.05, 4.69) is 39.7 Å². The van der Waals surface area contributed by atoms with Crippen molar-refractivity contribution in [2.24, 2.45) is 0 Å². The topological polar surface area (TPSA) is 88.8 Å². The first kappa shape index (κ1) is 22.3. The van der Waals surface area contributed by atoms with Gasteiger partial charge in [0.25, 0.3) is 5.91 Å². The molecule has 1 amide bonds. The highest BCUT2D eigenvalue weighted by Gasteiger charge is 2.29. The molecule has 2 aromatic carbocycles. The summed E-state index contributed by atoms with van der Waals surface area (Å²) in [5.41, 5.74) is 3.93. The second-order valence-electron chi connectivity index (χ2n) is 9.21. The first-order chi connectivity index (χ1) is 17.7. The van der Waals surface area contributed by atoms with Gasteiger partial charge in [-0.3, -0.25) is 9.69 Å². The van der Waals surface area contributed by atoms with Crippen LogP contribution in [0.15, 0.2) is 73.1 Å². The van der Waals surface area contributed by atoms with E-state index in [-0.39, 0.29) is 11.9 Å². The molecule has 36 heavy (non-hydrogen) atoms. The molecule has 1 fully saturated rings. The van der Waals surface area contributed by atoms with Crippen molar-refractivity contribution in [2.45, 2.75) is 32.2 Å². The summed E-state index contributed by atoms with van der Waals surface area (Å²) in [4.78, 5) is 25.2. The van der Waals surface area contributed by atoms with Crippen LogP contribution in [0, 0.1) is 6.92 Å². The number of nitrogens with one attached hydrogen (secondary N) is 1. The molecule has 1 atom stereocenters. The van der Waals surface area contributed by atoms with E-state index >= 15 is 0 Å². The lowest BCUT2D eigenvalue weighted by Crippen LogP contribution is -2.42. The maximum absolute atomic E-state index is 14.1. The zero-order valence-corrected chi connectivity index (χ0v) is 20.1. The van der Waals surface area contributed by atoms with Gasteiger partial charge in [-0.1, -0.05) is 23.4 Å². The highest BCUT2D eigenvalue weighted by atomic mass is 16.2. The number of benzene rings is 2. The van der Waals surface area contributed by atoms with Crippen LogP contribution in [0.1, 0.15) is 35.2 Å². The van der Waals surface area contributed by atoms with Gasteiger partial charge in [-0.05, 0) is 92.7 Å². The summed E-state index contributed by atoms with van der Waals surface area (Å²) < 4.78 is 1.69. The molecule has 0 unspecified atom stereocenters. The Hall–Kier alpha value is -4.17.